The van der Waals surface area contributed by atoms with Gasteiger partial charge in [-0.3, -0.25) is 9.98 Å². The van der Waals surface area contributed by atoms with Crippen molar-refractivity contribution in [3.63, 3.8) is 0 Å². The third kappa shape index (κ3) is 0.823. The molecule has 2 aliphatic heterocycles. The van der Waals surface area contributed by atoms with Gasteiger partial charge in [-0.1, -0.05) is 24.3 Å². The Labute approximate surface area is 92.0 Å². The number of hydrogen-bond donors (Lipinski definition) is 0. The molecular weight excluding hydrogens is 196 g/mol. The van der Waals surface area contributed by atoms with Crippen LogP contribution in [0.15, 0.2) is 34.3 Å². The lowest BCUT2D eigenvalue weighted by Gasteiger charge is -2.03. The van der Waals surface area contributed by atoms with Gasteiger partial charge in [0.1, 0.15) is 0 Å². The zero-order valence-electron chi connectivity index (χ0n) is 8.51. The second-order valence-corrected chi connectivity index (χ2v) is 3.96. The van der Waals surface area contributed by atoms with E-state index in [2.05, 4.69) is 46.4 Å². The van der Waals surface area contributed by atoms with Crippen LogP contribution in [0.1, 0.15) is 0 Å². The Bertz CT molecular complexity index is 727. The van der Waals surface area contributed by atoms with Crippen LogP contribution in [-0.2, 0) is 0 Å². The molecule has 2 aromatic rings. The smallest absolute Gasteiger partial charge is 0.0971 e. The van der Waals surface area contributed by atoms with Gasteiger partial charge in [0, 0.05) is 22.9 Å². The molecule has 0 N–H and O–H groups in total. The van der Waals surface area contributed by atoms with E-state index in [1.807, 2.05) is 12.4 Å². The predicted octanol–water partition coefficient (Wildman–Crippen LogP) is 1.83. The maximum atomic E-state index is 4.41. The van der Waals surface area contributed by atoms with Gasteiger partial charge in [-0.15, -0.1) is 0 Å². The molecule has 0 saturated carbocycles. The molecule has 0 spiro atoms. The van der Waals surface area contributed by atoms with Crippen LogP contribution in [-0.4, -0.2) is 12.4 Å². The van der Waals surface area contributed by atoms with Crippen LogP contribution in [0, 0.1) is 0 Å². The van der Waals surface area contributed by atoms with Gasteiger partial charge in [0.15, 0.2) is 0 Å². The van der Waals surface area contributed by atoms with Gasteiger partial charge in [0.2, 0.25) is 0 Å². The molecule has 0 radical (unpaired) electrons. The van der Waals surface area contributed by atoms with Gasteiger partial charge >= 0.3 is 0 Å². The van der Waals surface area contributed by atoms with Crippen LogP contribution >= 0.6 is 0 Å². The van der Waals surface area contributed by atoms with Crippen LogP contribution in [0.25, 0.3) is 22.9 Å². The number of benzene rings is 2. The van der Waals surface area contributed by atoms with Gasteiger partial charge in [-0.25, -0.2) is 0 Å². The van der Waals surface area contributed by atoms with Gasteiger partial charge in [0.05, 0.1) is 11.4 Å². The number of hydrogen-bond acceptors (Lipinski definition) is 2. The fourth-order valence-corrected chi connectivity index (χ4v) is 2.43. The second kappa shape index (κ2) is 2.67. The molecule has 0 amide bonds. The minimum absolute atomic E-state index is 1.01. The summed E-state index contributed by atoms with van der Waals surface area (Å²) in [5.41, 5.74) is 2.03. The van der Waals surface area contributed by atoms with Gasteiger partial charge in [-0.05, 0) is 22.9 Å². The fourth-order valence-electron chi connectivity index (χ4n) is 2.43. The Morgan fingerprint density at radius 3 is 1.69 bits per heavy atom. The van der Waals surface area contributed by atoms with Crippen molar-refractivity contribution in [3.05, 3.63) is 34.7 Å². The van der Waals surface area contributed by atoms with E-state index in [4.69, 9.17) is 0 Å². The van der Waals surface area contributed by atoms with Crippen molar-refractivity contribution in [2.45, 2.75) is 0 Å². The summed E-state index contributed by atoms with van der Waals surface area (Å²) in [4.78, 5) is 8.81. The van der Waals surface area contributed by atoms with Gasteiger partial charge in [-0.2, -0.15) is 0 Å². The van der Waals surface area contributed by atoms with E-state index in [0.29, 0.717) is 0 Å². The predicted molar refractivity (Wildman–Crippen MR) is 68.4 cm³/mol. The summed E-state index contributed by atoms with van der Waals surface area (Å²) in [5, 5.41) is 4.91. The van der Waals surface area contributed by atoms with Crippen LogP contribution < -0.4 is 10.4 Å². The fraction of sp³-hybridized carbons (Fsp3) is 0. The van der Waals surface area contributed by atoms with E-state index < -0.39 is 0 Å². The summed E-state index contributed by atoms with van der Waals surface area (Å²) in [7, 11) is 0. The van der Waals surface area contributed by atoms with E-state index in [9.17, 15) is 0 Å². The van der Waals surface area contributed by atoms with Crippen molar-refractivity contribution >= 4 is 46.7 Å². The Hall–Kier alpha value is -2.22. The van der Waals surface area contributed by atoms with Crippen LogP contribution in [0.3, 0.4) is 0 Å². The number of aliphatic imine (C=N–C) groups is 2. The Kier molecular flexibility index (Phi) is 1.33. The van der Waals surface area contributed by atoms with Crippen molar-refractivity contribution < 1.29 is 0 Å². The summed E-state index contributed by atoms with van der Waals surface area (Å²) in [5.74, 6) is 0. The highest BCUT2D eigenvalue weighted by Gasteiger charge is 2.13. The summed E-state index contributed by atoms with van der Waals surface area (Å²) >= 11 is 0. The van der Waals surface area contributed by atoms with Crippen LogP contribution in [0.4, 0.5) is 11.4 Å². The SMILES string of the molecule is C1=Nc2c3c(c4ccccc4c2=C1)=CC=N3. The molecule has 74 valence electrons. The summed E-state index contributed by atoms with van der Waals surface area (Å²) < 4.78 is 0. The van der Waals surface area contributed by atoms with E-state index in [1.165, 1.54) is 21.2 Å². The first kappa shape index (κ1) is 7.99. The average molecular weight is 204 g/mol. The molecule has 2 aliphatic rings. The normalized spacial score (nSPS) is 14.8. The number of rotatable bonds is 0. The lowest BCUT2D eigenvalue weighted by molar-refractivity contribution is 1.47. The molecule has 16 heavy (non-hydrogen) atoms. The molecule has 2 heteroatoms. The monoisotopic (exact) mass is 204 g/mol. The molecule has 0 unspecified atom stereocenters. The molecule has 2 nitrogen and oxygen atoms in total. The third-order valence-corrected chi connectivity index (χ3v) is 3.13. The zero-order chi connectivity index (χ0) is 10.5. The van der Waals surface area contributed by atoms with E-state index in [1.54, 1.807) is 0 Å². The number of nitrogens with zero attached hydrogens (tertiary/aromatic N) is 2. The lowest BCUT2D eigenvalue weighted by Crippen LogP contribution is -2.10. The van der Waals surface area contributed by atoms with Gasteiger partial charge in [0.25, 0.3) is 0 Å². The summed E-state index contributed by atoms with van der Waals surface area (Å²) in [6, 6.07) is 8.42. The Morgan fingerprint density at radius 2 is 1.19 bits per heavy atom. The average Bonchev–Trinajstić information content (AvgIpc) is 2.98. The van der Waals surface area contributed by atoms with Crippen molar-refractivity contribution in [2.24, 2.45) is 9.98 Å². The molecular formula is C14H8N2. The minimum atomic E-state index is 1.01. The first-order valence-corrected chi connectivity index (χ1v) is 5.28. The molecule has 4 rings (SSSR count). The molecule has 0 saturated heterocycles. The molecule has 0 aromatic heterocycles. The molecule has 2 aromatic carbocycles. The highest BCUT2D eigenvalue weighted by atomic mass is 14.8. The van der Waals surface area contributed by atoms with Crippen LogP contribution in [0.2, 0.25) is 0 Å². The summed E-state index contributed by atoms with van der Waals surface area (Å²) in [6.45, 7) is 0. The quantitative estimate of drug-likeness (QED) is 0.625. The van der Waals surface area contributed by atoms with Crippen molar-refractivity contribution in [3.8, 4) is 0 Å². The highest BCUT2D eigenvalue weighted by Crippen LogP contribution is 2.26. The van der Waals surface area contributed by atoms with Gasteiger partial charge < -0.3 is 0 Å². The first-order chi connectivity index (χ1) is 7.95. The lowest BCUT2D eigenvalue weighted by atomic mass is 10.0. The standard InChI is InChI=1S/C14H8N2/c1-2-4-10-9(3-1)11-5-7-15-13(11)14-12(10)6-8-16-14/h1-8H. The van der Waals surface area contributed by atoms with E-state index >= 15 is 0 Å². The molecule has 0 fully saturated rings. The van der Waals surface area contributed by atoms with E-state index in [-0.39, 0.29) is 0 Å². The first-order valence-electron chi connectivity index (χ1n) is 5.28. The van der Waals surface area contributed by atoms with Crippen molar-refractivity contribution in [1.82, 2.24) is 0 Å². The third-order valence-electron chi connectivity index (χ3n) is 3.13. The summed E-state index contributed by atoms with van der Waals surface area (Å²) in [6.07, 6.45) is 7.83. The Morgan fingerprint density at radius 1 is 0.688 bits per heavy atom. The maximum absolute atomic E-state index is 4.41. The molecule has 2 heterocycles. The van der Waals surface area contributed by atoms with Crippen LogP contribution in [0.5, 0.6) is 0 Å². The minimum Gasteiger partial charge on any atom is -0.254 e. The number of fused-ring (bicyclic) bond motifs is 6. The zero-order valence-corrected chi connectivity index (χ0v) is 8.51. The topological polar surface area (TPSA) is 24.7 Å². The highest BCUT2D eigenvalue weighted by molar-refractivity contribution is 6.10. The largest absolute Gasteiger partial charge is 0.254 e. The van der Waals surface area contributed by atoms with Crippen molar-refractivity contribution in [2.75, 3.05) is 0 Å². The van der Waals surface area contributed by atoms with Crippen molar-refractivity contribution in [1.29, 1.82) is 0 Å². The maximum Gasteiger partial charge on any atom is 0.0971 e. The second-order valence-electron chi connectivity index (χ2n) is 3.96. The van der Waals surface area contributed by atoms with E-state index in [0.717, 1.165) is 11.4 Å². The Balaban J connectivity index is 2.43. The molecule has 0 atom stereocenters. The molecule has 0 bridgehead atoms. The molecule has 0 aliphatic carbocycles.